The lowest BCUT2D eigenvalue weighted by Crippen LogP contribution is -2.42. The van der Waals surface area contributed by atoms with Crippen LogP contribution in [-0.2, 0) is 9.59 Å². The second-order valence-electron chi connectivity index (χ2n) is 6.79. The van der Waals surface area contributed by atoms with Gasteiger partial charge in [-0.2, -0.15) is 0 Å². The number of carbonyl (C=O) groups excluding carboxylic acids is 2. The number of benzene rings is 2. The molecule has 1 saturated heterocycles. The quantitative estimate of drug-likeness (QED) is 0.784. The Morgan fingerprint density at radius 2 is 1.48 bits per heavy atom. The van der Waals surface area contributed by atoms with Gasteiger partial charge in [0.25, 0.3) is 0 Å². The molecule has 1 heterocycles. The highest BCUT2D eigenvalue weighted by Gasteiger charge is 2.21. The molecule has 3 rings (SSSR count). The fourth-order valence-corrected chi connectivity index (χ4v) is 3.53. The van der Waals surface area contributed by atoms with E-state index in [1.165, 1.54) is 25.5 Å². The minimum Gasteiger partial charge on any atom is -0.372 e. The van der Waals surface area contributed by atoms with E-state index in [-0.39, 0.29) is 18.4 Å². The molecule has 0 saturated carbocycles. The van der Waals surface area contributed by atoms with Gasteiger partial charge in [-0.05, 0) is 56.2 Å². The van der Waals surface area contributed by atoms with E-state index >= 15 is 0 Å². The summed E-state index contributed by atoms with van der Waals surface area (Å²) in [6.07, 6.45) is 2.45. The van der Waals surface area contributed by atoms with Crippen molar-refractivity contribution in [3.63, 3.8) is 0 Å². The number of anilines is 3. The smallest absolute Gasteiger partial charge is 0.247 e. The van der Waals surface area contributed by atoms with Crippen LogP contribution in [0, 0.1) is 0 Å². The van der Waals surface area contributed by atoms with Crippen molar-refractivity contribution in [1.29, 1.82) is 0 Å². The summed E-state index contributed by atoms with van der Waals surface area (Å²) in [7, 11) is 0. The first-order valence-corrected chi connectivity index (χ1v) is 9.58. The van der Waals surface area contributed by atoms with Crippen molar-refractivity contribution in [2.24, 2.45) is 0 Å². The Kier molecular flexibility index (Phi) is 6.12. The number of nitrogens with zero attached hydrogens (tertiary/aromatic N) is 3. The Morgan fingerprint density at radius 3 is 2.04 bits per heavy atom. The lowest BCUT2D eigenvalue weighted by molar-refractivity contribution is -0.121. The number of carbonyl (C=O) groups is 2. The molecule has 0 aromatic heterocycles. The minimum absolute atomic E-state index is 0.0289. The first-order chi connectivity index (χ1) is 13.1. The van der Waals surface area contributed by atoms with Crippen LogP contribution in [-0.4, -0.2) is 38.0 Å². The van der Waals surface area contributed by atoms with Crippen LogP contribution >= 0.6 is 0 Å². The van der Waals surface area contributed by atoms with Gasteiger partial charge in [0.1, 0.15) is 6.54 Å². The normalized spacial score (nSPS) is 13.5. The first-order valence-electron chi connectivity index (χ1n) is 9.58. The molecule has 0 atom stereocenters. The van der Waals surface area contributed by atoms with Crippen molar-refractivity contribution >= 4 is 28.9 Å². The summed E-state index contributed by atoms with van der Waals surface area (Å²) >= 11 is 0. The molecule has 2 aromatic carbocycles. The monoisotopic (exact) mass is 365 g/mol. The Hall–Kier alpha value is -2.82. The number of hydrogen-bond donors (Lipinski definition) is 0. The number of rotatable bonds is 6. The third-order valence-electron chi connectivity index (χ3n) is 4.99. The molecule has 0 N–H and O–H groups in total. The van der Waals surface area contributed by atoms with Crippen molar-refractivity contribution in [3.8, 4) is 0 Å². The van der Waals surface area contributed by atoms with Gasteiger partial charge >= 0.3 is 0 Å². The maximum Gasteiger partial charge on any atom is 0.247 e. The van der Waals surface area contributed by atoms with E-state index in [9.17, 15) is 9.59 Å². The van der Waals surface area contributed by atoms with Gasteiger partial charge in [-0.25, -0.2) is 0 Å². The van der Waals surface area contributed by atoms with Crippen LogP contribution in [0.4, 0.5) is 17.1 Å². The molecule has 0 radical (unpaired) electrons. The van der Waals surface area contributed by atoms with E-state index in [1.54, 1.807) is 9.80 Å². The molecule has 0 unspecified atom stereocenters. The van der Waals surface area contributed by atoms with Crippen molar-refractivity contribution in [2.45, 2.75) is 26.7 Å². The Balaban J connectivity index is 1.75. The van der Waals surface area contributed by atoms with E-state index in [0.717, 1.165) is 24.5 Å². The van der Waals surface area contributed by atoms with Gasteiger partial charge in [0.2, 0.25) is 11.8 Å². The lowest BCUT2D eigenvalue weighted by atomic mass is 10.2. The van der Waals surface area contributed by atoms with Crippen LogP contribution in [0.15, 0.2) is 54.6 Å². The predicted molar refractivity (Wildman–Crippen MR) is 110 cm³/mol. The van der Waals surface area contributed by atoms with Gasteiger partial charge in [-0.15, -0.1) is 0 Å². The van der Waals surface area contributed by atoms with Crippen LogP contribution in [0.5, 0.6) is 0 Å². The molecule has 0 bridgehead atoms. The summed E-state index contributed by atoms with van der Waals surface area (Å²) in [6, 6.07) is 17.5. The first kappa shape index (κ1) is 19.0. The maximum absolute atomic E-state index is 12.9. The second-order valence-corrected chi connectivity index (χ2v) is 6.79. The Morgan fingerprint density at radius 1 is 0.889 bits per heavy atom. The predicted octanol–water partition coefficient (Wildman–Crippen LogP) is 3.69. The molecule has 1 aliphatic heterocycles. The van der Waals surface area contributed by atoms with Gasteiger partial charge < -0.3 is 14.7 Å². The van der Waals surface area contributed by atoms with E-state index < -0.39 is 0 Å². The zero-order chi connectivity index (χ0) is 19.2. The van der Waals surface area contributed by atoms with E-state index in [0.29, 0.717) is 6.54 Å². The molecule has 27 heavy (non-hydrogen) atoms. The Labute approximate surface area is 161 Å². The largest absolute Gasteiger partial charge is 0.372 e. The van der Waals surface area contributed by atoms with Crippen LogP contribution in [0.3, 0.4) is 0 Å². The molecule has 142 valence electrons. The lowest BCUT2D eigenvalue weighted by Gasteiger charge is -2.27. The highest BCUT2D eigenvalue weighted by molar-refractivity contribution is 6.03. The molecule has 0 spiro atoms. The molecule has 1 fully saturated rings. The SMILES string of the molecule is CCN(C(=O)CN(C(C)=O)c1ccc(N2CCCC2)cc1)c1ccccc1. The van der Waals surface area contributed by atoms with Crippen LogP contribution < -0.4 is 14.7 Å². The van der Waals surface area contributed by atoms with Crippen LogP contribution in [0.2, 0.25) is 0 Å². The fourth-order valence-electron chi connectivity index (χ4n) is 3.53. The zero-order valence-electron chi connectivity index (χ0n) is 16.1. The molecule has 1 aliphatic rings. The van der Waals surface area contributed by atoms with Gasteiger partial charge in [-0.1, -0.05) is 18.2 Å². The number of amides is 2. The number of para-hydroxylation sites is 1. The van der Waals surface area contributed by atoms with Crippen molar-refractivity contribution in [1.82, 2.24) is 0 Å². The summed E-state index contributed by atoms with van der Waals surface area (Å²) in [6.45, 7) is 6.19. The second kappa shape index (κ2) is 8.71. The summed E-state index contributed by atoms with van der Waals surface area (Å²) in [5.41, 5.74) is 2.77. The van der Waals surface area contributed by atoms with E-state index in [4.69, 9.17) is 0 Å². The van der Waals surface area contributed by atoms with Crippen LogP contribution in [0.1, 0.15) is 26.7 Å². The van der Waals surface area contributed by atoms with E-state index in [1.807, 2.05) is 61.5 Å². The van der Waals surface area contributed by atoms with Gasteiger partial charge in [-0.3, -0.25) is 9.59 Å². The van der Waals surface area contributed by atoms with Crippen molar-refractivity contribution in [3.05, 3.63) is 54.6 Å². The Bertz CT molecular complexity index is 768. The van der Waals surface area contributed by atoms with Crippen molar-refractivity contribution < 1.29 is 9.59 Å². The molecule has 0 aliphatic carbocycles. The molecular weight excluding hydrogens is 338 g/mol. The number of hydrogen-bond acceptors (Lipinski definition) is 3. The van der Waals surface area contributed by atoms with Crippen LogP contribution in [0.25, 0.3) is 0 Å². The average molecular weight is 365 g/mol. The van der Waals surface area contributed by atoms with Gasteiger partial charge in [0, 0.05) is 43.6 Å². The minimum atomic E-state index is -0.138. The molecular formula is C22H27N3O2. The third-order valence-corrected chi connectivity index (χ3v) is 4.99. The average Bonchev–Trinajstić information content (AvgIpc) is 3.22. The highest BCUT2D eigenvalue weighted by Crippen LogP contribution is 2.24. The van der Waals surface area contributed by atoms with Crippen molar-refractivity contribution in [2.75, 3.05) is 40.9 Å². The molecule has 5 nitrogen and oxygen atoms in total. The molecule has 5 heteroatoms. The summed E-state index contributed by atoms with van der Waals surface area (Å²) < 4.78 is 0. The van der Waals surface area contributed by atoms with Gasteiger partial charge in [0.05, 0.1) is 0 Å². The summed E-state index contributed by atoms with van der Waals surface area (Å²) in [5.74, 6) is -0.232. The van der Waals surface area contributed by atoms with E-state index in [2.05, 4.69) is 4.90 Å². The standard InChI is InChI=1S/C22H27N3O2/c1-3-24(20-9-5-4-6-10-20)22(27)17-25(18(2)26)21-13-11-19(12-14-21)23-15-7-8-16-23/h4-6,9-14H,3,7-8,15-17H2,1-2H3. The zero-order valence-corrected chi connectivity index (χ0v) is 16.1. The number of likely N-dealkylation sites (N-methyl/N-ethyl adjacent to an activating group) is 1. The topological polar surface area (TPSA) is 43.9 Å². The molecule has 2 amide bonds. The molecule has 2 aromatic rings. The summed E-state index contributed by atoms with van der Waals surface area (Å²) in [5, 5.41) is 0. The van der Waals surface area contributed by atoms with Gasteiger partial charge in [0.15, 0.2) is 0 Å². The maximum atomic E-state index is 12.9. The highest BCUT2D eigenvalue weighted by atomic mass is 16.2. The summed E-state index contributed by atoms with van der Waals surface area (Å²) in [4.78, 5) is 30.7. The fraction of sp³-hybridized carbons (Fsp3) is 0.364. The third kappa shape index (κ3) is 4.48.